The number of ether oxygens (including phenoxy) is 1. The summed E-state index contributed by atoms with van der Waals surface area (Å²) in [4.78, 5) is 22.3. The third kappa shape index (κ3) is 5.32. The molecule has 0 radical (unpaired) electrons. The molecule has 9 nitrogen and oxygen atoms in total. The number of carbonyl (C=O) groups excluding carboxylic acids is 1. The van der Waals surface area contributed by atoms with E-state index < -0.39 is 0 Å². The summed E-state index contributed by atoms with van der Waals surface area (Å²) in [7, 11) is 3.38. The van der Waals surface area contributed by atoms with Gasteiger partial charge >= 0.3 is 0 Å². The highest BCUT2D eigenvalue weighted by Gasteiger charge is 2.20. The first kappa shape index (κ1) is 23.4. The molecule has 0 saturated heterocycles. The van der Waals surface area contributed by atoms with Crippen LogP contribution in [0.4, 0.5) is 17.2 Å². The van der Waals surface area contributed by atoms with Gasteiger partial charge in [-0.05, 0) is 37.3 Å². The summed E-state index contributed by atoms with van der Waals surface area (Å²) in [6.07, 6.45) is 8.16. The third-order valence-electron chi connectivity index (χ3n) is 4.93. The maximum Gasteiger partial charge on any atom is 0.209 e. The number of nitrogens with one attached hydrogen (secondary N) is 2. The van der Waals surface area contributed by atoms with Gasteiger partial charge in [-0.2, -0.15) is 0 Å². The van der Waals surface area contributed by atoms with Crippen molar-refractivity contribution in [1.29, 1.82) is 5.41 Å². The number of amides is 1. The molecule has 170 valence electrons. The first-order valence-corrected chi connectivity index (χ1v) is 11.2. The molecule has 0 atom stereocenters. The lowest BCUT2D eigenvalue weighted by atomic mass is 9.97. The summed E-state index contributed by atoms with van der Waals surface area (Å²) in [5.41, 5.74) is 14.8. The quantitative estimate of drug-likeness (QED) is 0.244. The standard InChI is InChI=1S/C19H22N6OS.C3H7NO/c20-5-6-26-15-8-13(22)11(9-21)7-14(15)25-18-17-12-3-1-2-4-16(12)27-19(17)24-10-23-18;1-4(2)3-5/h7-10,21H,1-6,20,22H2,(H,23,24,25);3H,1-2H3. The van der Waals surface area contributed by atoms with Crippen molar-refractivity contribution in [1.82, 2.24) is 14.9 Å². The Bertz CT molecular complexity index is 1100. The van der Waals surface area contributed by atoms with Crippen molar-refractivity contribution < 1.29 is 9.53 Å². The summed E-state index contributed by atoms with van der Waals surface area (Å²) in [6, 6.07) is 3.53. The number of aryl methyl sites for hydroxylation is 2. The van der Waals surface area contributed by atoms with E-state index >= 15 is 0 Å². The number of anilines is 3. The molecule has 2 heterocycles. The topological polar surface area (TPSA) is 143 Å². The lowest BCUT2D eigenvalue weighted by Gasteiger charge is -2.16. The number of nitrogens with two attached hydrogens (primary N) is 2. The summed E-state index contributed by atoms with van der Waals surface area (Å²) < 4.78 is 5.76. The van der Waals surface area contributed by atoms with Gasteiger partial charge in [0.2, 0.25) is 6.41 Å². The number of rotatable bonds is 7. The summed E-state index contributed by atoms with van der Waals surface area (Å²) in [5.74, 6) is 1.36. The van der Waals surface area contributed by atoms with Gasteiger partial charge in [0, 0.05) is 49.0 Å². The van der Waals surface area contributed by atoms with Gasteiger partial charge in [-0.25, -0.2) is 9.97 Å². The predicted molar refractivity (Wildman–Crippen MR) is 130 cm³/mol. The average molecular weight is 456 g/mol. The molecule has 1 aliphatic carbocycles. The molecular weight excluding hydrogens is 426 g/mol. The molecule has 32 heavy (non-hydrogen) atoms. The first-order chi connectivity index (χ1) is 15.5. The number of hydrogen-bond donors (Lipinski definition) is 4. The fraction of sp³-hybridized carbons (Fsp3) is 0.364. The molecule has 1 aliphatic rings. The van der Waals surface area contributed by atoms with Crippen molar-refractivity contribution in [3.63, 3.8) is 0 Å². The fourth-order valence-corrected chi connectivity index (χ4v) is 4.66. The summed E-state index contributed by atoms with van der Waals surface area (Å²) in [6.45, 7) is 0.784. The van der Waals surface area contributed by atoms with Crippen LogP contribution < -0.4 is 21.5 Å². The second-order valence-corrected chi connectivity index (χ2v) is 8.65. The SMILES string of the molecule is CN(C)C=O.N=Cc1cc(Nc2ncnc3sc4c(c23)CCCC4)c(OCCN)cc1N. The Morgan fingerprint density at radius 2 is 2.03 bits per heavy atom. The zero-order valence-corrected chi connectivity index (χ0v) is 19.2. The van der Waals surface area contributed by atoms with E-state index in [1.165, 1.54) is 34.4 Å². The highest BCUT2D eigenvalue weighted by molar-refractivity contribution is 7.19. The number of thiophene rings is 1. The number of aromatic nitrogens is 2. The maximum absolute atomic E-state index is 9.43. The second-order valence-electron chi connectivity index (χ2n) is 7.57. The minimum atomic E-state index is 0.380. The van der Waals surface area contributed by atoms with E-state index in [0.29, 0.717) is 35.8 Å². The average Bonchev–Trinajstić information content (AvgIpc) is 3.19. The Morgan fingerprint density at radius 1 is 1.28 bits per heavy atom. The van der Waals surface area contributed by atoms with Gasteiger partial charge in [0.05, 0.1) is 11.1 Å². The molecule has 1 aromatic carbocycles. The van der Waals surface area contributed by atoms with E-state index in [1.807, 2.05) is 0 Å². The number of carbonyl (C=O) groups is 1. The van der Waals surface area contributed by atoms with Gasteiger partial charge in [0.25, 0.3) is 0 Å². The largest absolute Gasteiger partial charge is 0.490 e. The smallest absolute Gasteiger partial charge is 0.209 e. The Balaban J connectivity index is 0.000000523. The van der Waals surface area contributed by atoms with Crippen LogP contribution in [0.1, 0.15) is 28.8 Å². The number of hydrogen-bond acceptors (Lipinski definition) is 9. The molecule has 0 spiro atoms. The van der Waals surface area contributed by atoms with Gasteiger partial charge in [-0.15, -0.1) is 11.3 Å². The van der Waals surface area contributed by atoms with Crippen LogP contribution in [-0.2, 0) is 17.6 Å². The molecule has 0 aliphatic heterocycles. The number of fused-ring (bicyclic) bond motifs is 3. The Labute approximate surface area is 191 Å². The van der Waals surface area contributed by atoms with E-state index in [0.717, 1.165) is 35.3 Å². The molecule has 0 bridgehead atoms. The minimum absolute atomic E-state index is 0.380. The lowest BCUT2D eigenvalue weighted by molar-refractivity contribution is -0.115. The van der Waals surface area contributed by atoms with E-state index in [1.54, 1.807) is 43.9 Å². The van der Waals surface area contributed by atoms with E-state index in [-0.39, 0.29) is 0 Å². The van der Waals surface area contributed by atoms with Crippen LogP contribution in [0.5, 0.6) is 5.75 Å². The van der Waals surface area contributed by atoms with Crippen LogP contribution in [0.3, 0.4) is 0 Å². The molecule has 10 heteroatoms. The van der Waals surface area contributed by atoms with Crippen molar-refractivity contribution in [2.75, 3.05) is 38.3 Å². The van der Waals surface area contributed by atoms with E-state index in [9.17, 15) is 4.79 Å². The molecule has 0 saturated carbocycles. The number of nitrogen functional groups attached to an aromatic ring is 1. The first-order valence-electron chi connectivity index (χ1n) is 10.4. The maximum atomic E-state index is 9.43. The lowest BCUT2D eigenvalue weighted by Crippen LogP contribution is -2.12. The molecule has 1 amide bonds. The van der Waals surface area contributed by atoms with Gasteiger partial charge in [0.15, 0.2) is 0 Å². The van der Waals surface area contributed by atoms with Crippen molar-refractivity contribution >= 4 is 51.4 Å². The third-order valence-corrected chi connectivity index (χ3v) is 6.13. The number of nitrogens with zero attached hydrogens (tertiary/aromatic N) is 3. The van der Waals surface area contributed by atoms with Crippen LogP contribution in [0.15, 0.2) is 18.5 Å². The van der Waals surface area contributed by atoms with E-state index in [4.69, 9.17) is 21.6 Å². The monoisotopic (exact) mass is 455 g/mol. The predicted octanol–water partition coefficient (Wildman–Crippen LogP) is 2.94. The van der Waals surface area contributed by atoms with Gasteiger partial charge in [-0.3, -0.25) is 4.79 Å². The molecule has 3 aromatic rings. The van der Waals surface area contributed by atoms with Crippen molar-refractivity contribution in [3.8, 4) is 5.75 Å². The minimum Gasteiger partial charge on any atom is -0.490 e. The van der Waals surface area contributed by atoms with E-state index in [2.05, 4.69) is 15.3 Å². The van der Waals surface area contributed by atoms with Crippen LogP contribution in [0.25, 0.3) is 10.2 Å². The van der Waals surface area contributed by atoms with Gasteiger partial charge in [-0.1, -0.05) is 0 Å². The summed E-state index contributed by atoms with van der Waals surface area (Å²) >= 11 is 1.76. The molecule has 4 rings (SSSR count). The summed E-state index contributed by atoms with van der Waals surface area (Å²) in [5, 5.41) is 12.1. The van der Waals surface area contributed by atoms with Crippen LogP contribution in [0, 0.1) is 5.41 Å². The Morgan fingerprint density at radius 3 is 2.72 bits per heavy atom. The highest BCUT2D eigenvalue weighted by atomic mass is 32.1. The second kappa shape index (κ2) is 10.9. The van der Waals surface area contributed by atoms with Crippen molar-refractivity contribution in [3.05, 3.63) is 34.5 Å². The zero-order chi connectivity index (χ0) is 23.1. The molecule has 6 N–H and O–H groups in total. The van der Waals surface area contributed by atoms with Gasteiger partial charge in [0.1, 0.15) is 29.3 Å². The fourth-order valence-electron chi connectivity index (χ4n) is 3.44. The number of benzene rings is 1. The van der Waals surface area contributed by atoms with Crippen molar-refractivity contribution in [2.45, 2.75) is 25.7 Å². The Hall–Kier alpha value is -3.24. The van der Waals surface area contributed by atoms with Crippen LogP contribution >= 0.6 is 11.3 Å². The molecule has 0 unspecified atom stereocenters. The zero-order valence-electron chi connectivity index (χ0n) is 18.4. The Kier molecular flexibility index (Phi) is 7.96. The van der Waals surface area contributed by atoms with Gasteiger partial charge < -0.3 is 31.8 Å². The highest BCUT2D eigenvalue weighted by Crippen LogP contribution is 2.40. The normalized spacial score (nSPS) is 12.3. The van der Waals surface area contributed by atoms with Crippen LogP contribution in [-0.4, -0.2) is 54.7 Å². The molecule has 0 fully saturated rings. The molecule has 2 aromatic heterocycles. The van der Waals surface area contributed by atoms with Crippen molar-refractivity contribution in [2.24, 2.45) is 5.73 Å². The molecular formula is C22H29N7O2S. The van der Waals surface area contributed by atoms with Crippen LogP contribution in [0.2, 0.25) is 0 Å².